The molecule has 0 radical (unpaired) electrons. The molecule has 1 spiro atoms. The molecule has 31 heavy (non-hydrogen) atoms. The van der Waals surface area contributed by atoms with Gasteiger partial charge in [-0.2, -0.15) is 0 Å². The van der Waals surface area contributed by atoms with Crippen molar-refractivity contribution in [2.24, 2.45) is 11.3 Å². The number of imide groups is 1. The van der Waals surface area contributed by atoms with Crippen LogP contribution >= 0.6 is 0 Å². The number of hydrogen-bond acceptors (Lipinski definition) is 6. The van der Waals surface area contributed by atoms with Gasteiger partial charge in [-0.3, -0.25) is 14.9 Å². The van der Waals surface area contributed by atoms with E-state index in [2.05, 4.69) is 20.9 Å². The molecule has 0 saturated carbocycles. The minimum atomic E-state index is -0.671. The molecule has 168 valence electrons. The predicted molar refractivity (Wildman–Crippen MR) is 113 cm³/mol. The zero-order valence-corrected chi connectivity index (χ0v) is 17.6. The lowest BCUT2D eigenvalue weighted by atomic mass is 9.72. The number of nitrogens with zero attached hydrogens (tertiary/aromatic N) is 2. The third-order valence-electron chi connectivity index (χ3n) is 7.06. The summed E-state index contributed by atoms with van der Waals surface area (Å²) in [6.45, 7) is 6.69. The number of halogens is 2. The summed E-state index contributed by atoms with van der Waals surface area (Å²) in [5.41, 5.74) is 0.381. The highest BCUT2D eigenvalue weighted by Crippen LogP contribution is 2.44. The van der Waals surface area contributed by atoms with E-state index in [1.54, 1.807) is 4.90 Å². The van der Waals surface area contributed by atoms with Gasteiger partial charge in [-0.25, -0.2) is 8.78 Å². The molecule has 4 aliphatic heterocycles. The highest BCUT2D eigenvalue weighted by molar-refractivity contribution is 6.01. The zero-order chi connectivity index (χ0) is 21.6. The van der Waals surface area contributed by atoms with Crippen LogP contribution in [-0.4, -0.2) is 68.6 Å². The summed E-state index contributed by atoms with van der Waals surface area (Å²) in [6, 6.07) is 1.80. The van der Waals surface area contributed by atoms with Crippen LogP contribution in [0.5, 0.6) is 0 Å². The van der Waals surface area contributed by atoms with Crippen LogP contribution in [0.3, 0.4) is 0 Å². The Morgan fingerprint density at radius 2 is 1.71 bits per heavy atom. The van der Waals surface area contributed by atoms with Gasteiger partial charge in [0.2, 0.25) is 11.8 Å². The topological polar surface area (TPSA) is 76.7 Å². The number of amides is 2. The lowest BCUT2D eigenvalue weighted by Gasteiger charge is -2.61. The first-order valence-electron chi connectivity index (χ1n) is 11.2. The van der Waals surface area contributed by atoms with Gasteiger partial charge in [-0.15, -0.1) is 0 Å². The average Bonchev–Trinajstić information content (AvgIpc) is 2.67. The third kappa shape index (κ3) is 4.13. The molecule has 4 heterocycles. The average molecular weight is 434 g/mol. The monoisotopic (exact) mass is 433 g/mol. The van der Waals surface area contributed by atoms with Crippen molar-refractivity contribution in [1.29, 1.82) is 0 Å². The second-order valence-electron chi connectivity index (χ2n) is 9.66. The second-order valence-corrected chi connectivity index (χ2v) is 9.66. The van der Waals surface area contributed by atoms with Crippen LogP contribution in [0.4, 0.5) is 20.2 Å². The highest BCUT2D eigenvalue weighted by Gasteiger charge is 2.52. The van der Waals surface area contributed by atoms with E-state index >= 15 is 0 Å². The second kappa shape index (κ2) is 8.02. The number of nitrogens with one attached hydrogen (secondary N) is 3. The molecule has 0 bridgehead atoms. The van der Waals surface area contributed by atoms with E-state index in [1.165, 1.54) is 25.0 Å². The highest BCUT2D eigenvalue weighted by atomic mass is 19.1. The predicted octanol–water partition coefficient (Wildman–Crippen LogP) is 1.30. The smallest absolute Gasteiger partial charge is 0.249 e. The Morgan fingerprint density at radius 3 is 2.35 bits per heavy atom. The number of carbonyl (C=O) groups excluding carboxylic acids is 2. The molecule has 4 saturated heterocycles. The maximum Gasteiger partial charge on any atom is 0.249 e. The van der Waals surface area contributed by atoms with Gasteiger partial charge in [-0.1, -0.05) is 0 Å². The van der Waals surface area contributed by atoms with E-state index in [0.29, 0.717) is 19.5 Å². The number of piperidine rings is 2. The van der Waals surface area contributed by atoms with Crippen molar-refractivity contribution in [3.05, 3.63) is 23.8 Å². The number of carbonyl (C=O) groups is 2. The van der Waals surface area contributed by atoms with Crippen LogP contribution < -0.4 is 20.9 Å². The van der Waals surface area contributed by atoms with Crippen LogP contribution in [0.25, 0.3) is 0 Å². The van der Waals surface area contributed by atoms with Gasteiger partial charge in [0, 0.05) is 50.2 Å². The van der Waals surface area contributed by atoms with Crippen molar-refractivity contribution in [2.45, 2.75) is 31.7 Å². The zero-order valence-electron chi connectivity index (χ0n) is 17.6. The van der Waals surface area contributed by atoms with E-state index in [9.17, 15) is 18.4 Å². The number of anilines is 2. The van der Waals surface area contributed by atoms with E-state index in [0.717, 1.165) is 38.6 Å². The number of rotatable bonds is 5. The van der Waals surface area contributed by atoms with Crippen LogP contribution in [0.2, 0.25) is 0 Å². The molecule has 4 fully saturated rings. The van der Waals surface area contributed by atoms with E-state index in [1.807, 2.05) is 0 Å². The first kappa shape index (κ1) is 20.6. The third-order valence-corrected chi connectivity index (χ3v) is 7.06. The Labute approximate surface area is 180 Å². The van der Waals surface area contributed by atoms with Gasteiger partial charge in [-0.05, 0) is 50.4 Å². The summed E-state index contributed by atoms with van der Waals surface area (Å²) in [4.78, 5) is 27.4. The molecule has 2 amide bonds. The Bertz CT molecular complexity index is 852. The summed E-state index contributed by atoms with van der Waals surface area (Å²) in [5.74, 6) is -1.29. The molecule has 0 aliphatic carbocycles. The van der Waals surface area contributed by atoms with E-state index in [-0.39, 0.29) is 29.1 Å². The van der Waals surface area contributed by atoms with Crippen molar-refractivity contribution in [2.75, 3.05) is 56.0 Å². The van der Waals surface area contributed by atoms with Gasteiger partial charge in [0.1, 0.15) is 11.7 Å². The summed E-state index contributed by atoms with van der Waals surface area (Å²) < 4.78 is 29.5. The number of benzene rings is 1. The van der Waals surface area contributed by atoms with E-state index in [4.69, 9.17) is 0 Å². The molecule has 1 atom stereocenters. The molecule has 7 nitrogen and oxygen atoms in total. The lowest BCUT2D eigenvalue weighted by Crippen LogP contribution is -2.72. The molecule has 3 N–H and O–H groups in total. The summed E-state index contributed by atoms with van der Waals surface area (Å²) >= 11 is 0. The number of likely N-dealkylation sites (tertiary alicyclic amines) is 1. The maximum atomic E-state index is 14.8. The van der Waals surface area contributed by atoms with Crippen LogP contribution in [-0.2, 0) is 9.59 Å². The fourth-order valence-corrected chi connectivity index (χ4v) is 5.57. The summed E-state index contributed by atoms with van der Waals surface area (Å²) in [6.07, 6.45) is 2.96. The fraction of sp³-hybridized carbons (Fsp3) is 0.636. The Balaban J connectivity index is 1.16. The van der Waals surface area contributed by atoms with Crippen LogP contribution in [0.15, 0.2) is 12.1 Å². The summed E-state index contributed by atoms with van der Waals surface area (Å²) in [7, 11) is 0. The quantitative estimate of drug-likeness (QED) is 0.608. The molecule has 1 aromatic carbocycles. The number of hydrogen-bond donors (Lipinski definition) is 3. The molecule has 4 aliphatic rings. The first-order valence-corrected chi connectivity index (χ1v) is 11.2. The van der Waals surface area contributed by atoms with Crippen LogP contribution in [0.1, 0.15) is 25.7 Å². The van der Waals surface area contributed by atoms with Crippen molar-refractivity contribution >= 4 is 23.2 Å². The van der Waals surface area contributed by atoms with Gasteiger partial charge in [0.15, 0.2) is 11.6 Å². The molecule has 0 aromatic heterocycles. The largest absolute Gasteiger partial charge is 0.373 e. The van der Waals surface area contributed by atoms with Crippen LogP contribution in [0, 0.1) is 23.0 Å². The van der Waals surface area contributed by atoms with E-state index < -0.39 is 23.6 Å². The molecular formula is C22H29F2N5O2. The van der Waals surface area contributed by atoms with Crippen molar-refractivity contribution in [1.82, 2.24) is 15.5 Å². The van der Waals surface area contributed by atoms with Crippen molar-refractivity contribution in [3.8, 4) is 0 Å². The molecule has 5 rings (SSSR count). The van der Waals surface area contributed by atoms with Gasteiger partial charge in [0.25, 0.3) is 0 Å². The molecule has 9 heteroatoms. The fourth-order valence-electron chi connectivity index (χ4n) is 5.57. The van der Waals surface area contributed by atoms with Gasteiger partial charge >= 0.3 is 0 Å². The van der Waals surface area contributed by atoms with Gasteiger partial charge < -0.3 is 20.4 Å². The maximum absolute atomic E-state index is 14.8. The SMILES string of the molecule is O=C1CCC(Nc2cc(F)c(N3CC4(CN(CC5CCNCC5)C4)C3)c(F)c2)C(=O)N1. The minimum absolute atomic E-state index is 0.0104. The summed E-state index contributed by atoms with van der Waals surface area (Å²) in [5, 5.41) is 8.47. The van der Waals surface area contributed by atoms with Crippen molar-refractivity contribution < 1.29 is 18.4 Å². The molecule has 1 unspecified atom stereocenters. The molecular weight excluding hydrogens is 404 g/mol. The lowest BCUT2D eigenvalue weighted by molar-refractivity contribution is -0.133. The van der Waals surface area contributed by atoms with Crippen molar-refractivity contribution in [3.63, 3.8) is 0 Å². The Morgan fingerprint density at radius 1 is 1.03 bits per heavy atom. The Kier molecular flexibility index (Phi) is 5.34. The standard InChI is InChI=1S/C22H29F2N5O2/c23-16-7-15(26-18-1-2-19(30)27-21(18)31)8-17(24)20(16)29-12-22(13-29)10-28(11-22)9-14-3-5-25-6-4-14/h7-8,14,18,25-26H,1-6,9-13H2,(H,27,30,31). The Hall–Kier alpha value is -2.26. The normalized spacial score (nSPS) is 26.4. The minimum Gasteiger partial charge on any atom is -0.373 e. The first-order chi connectivity index (χ1) is 14.9. The molecule has 1 aromatic rings. The van der Waals surface area contributed by atoms with Gasteiger partial charge in [0.05, 0.1) is 0 Å².